The lowest BCUT2D eigenvalue weighted by Gasteiger charge is -2.38. The Labute approximate surface area is 175 Å². The van der Waals surface area contributed by atoms with Gasteiger partial charge in [0.2, 0.25) is 0 Å². The lowest BCUT2D eigenvalue weighted by molar-refractivity contribution is -0.131. The average Bonchev–Trinajstić information content (AvgIpc) is 2.76. The van der Waals surface area contributed by atoms with Gasteiger partial charge in [-0.25, -0.2) is 0 Å². The number of ether oxygens (including phenoxy) is 1. The maximum absolute atomic E-state index is 13.1. The first-order valence-electron chi connectivity index (χ1n) is 11.1. The van der Waals surface area contributed by atoms with Crippen LogP contribution in [0.5, 0.6) is 0 Å². The van der Waals surface area contributed by atoms with Gasteiger partial charge in [0.25, 0.3) is 0 Å². The average molecular weight is 407 g/mol. The molecular weight excluding hydrogens is 368 g/mol. The Hall–Kier alpha value is -1.31. The van der Waals surface area contributed by atoms with Crippen LogP contribution in [0.4, 0.5) is 0 Å². The van der Waals surface area contributed by atoms with E-state index in [2.05, 4.69) is 4.90 Å². The van der Waals surface area contributed by atoms with Crippen LogP contribution in [-0.4, -0.2) is 60.0 Å². The van der Waals surface area contributed by atoms with Gasteiger partial charge in [0.1, 0.15) is 5.78 Å². The smallest absolute Gasteiger partial charge is 0.141 e. The number of aliphatic hydroxyl groups excluding tert-OH is 2. The quantitative estimate of drug-likeness (QED) is 0.411. The number of aliphatic hydroxyl groups is 2. The van der Waals surface area contributed by atoms with Gasteiger partial charge in [-0.05, 0) is 18.4 Å². The second-order valence-electron chi connectivity index (χ2n) is 7.94. The van der Waals surface area contributed by atoms with Crippen molar-refractivity contribution in [1.29, 1.82) is 0 Å². The standard InChI is InChI=1S/C23H38N2O4/c24-23(25-14-17-29-18-15-25)21(22(28)19-11-7-6-8-12-19)20(27)13-9-4-2-1-3-5-10-16-26/h6-8,11-12,21-23,26,28H,1-5,9-10,13-18,24H2/t21-,22-,23?/m1/s1. The highest BCUT2D eigenvalue weighted by Gasteiger charge is 2.36. The number of nitrogens with zero attached hydrogens (tertiary/aromatic N) is 1. The van der Waals surface area contributed by atoms with Gasteiger partial charge < -0.3 is 20.7 Å². The number of ketones is 1. The summed E-state index contributed by atoms with van der Waals surface area (Å²) < 4.78 is 5.40. The van der Waals surface area contributed by atoms with Gasteiger partial charge in [-0.2, -0.15) is 0 Å². The third kappa shape index (κ3) is 8.15. The van der Waals surface area contributed by atoms with Crippen molar-refractivity contribution in [2.24, 2.45) is 11.7 Å². The number of rotatable bonds is 14. The van der Waals surface area contributed by atoms with Crippen molar-refractivity contribution in [2.45, 2.75) is 63.6 Å². The molecule has 1 fully saturated rings. The fraction of sp³-hybridized carbons (Fsp3) is 0.696. The van der Waals surface area contributed by atoms with Crippen LogP contribution < -0.4 is 5.73 Å². The maximum atomic E-state index is 13.1. The Balaban J connectivity index is 1.90. The Morgan fingerprint density at radius 2 is 1.59 bits per heavy atom. The number of hydrogen-bond donors (Lipinski definition) is 3. The van der Waals surface area contributed by atoms with E-state index in [-0.39, 0.29) is 12.4 Å². The molecule has 6 heteroatoms. The first kappa shape index (κ1) is 24.0. The number of morpholine rings is 1. The van der Waals surface area contributed by atoms with Crippen molar-refractivity contribution in [1.82, 2.24) is 4.90 Å². The summed E-state index contributed by atoms with van der Waals surface area (Å²) in [6.45, 7) is 2.84. The van der Waals surface area contributed by atoms with Crippen LogP contribution in [0.1, 0.15) is 63.0 Å². The minimum atomic E-state index is -0.903. The van der Waals surface area contributed by atoms with Gasteiger partial charge in [0.15, 0.2) is 0 Å². The van der Waals surface area contributed by atoms with E-state index >= 15 is 0 Å². The fourth-order valence-corrected chi connectivity index (χ4v) is 3.98. The summed E-state index contributed by atoms with van der Waals surface area (Å²) in [4.78, 5) is 15.1. The lowest BCUT2D eigenvalue weighted by Crippen LogP contribution is -2.55. The van der Waals surface area contributed by atoms with Crippen molar-refractivity contribution in [3.8, 4) is 0 Å². The largest absolute Gasteiger partial charge is 0.396 e. The summed E-state index contributed by atoms with van der Waals surface area (Å²) in [5.41, 5.74) is 7.23. The van der Waals surface area contributed by atoms with Gasteiger partial charge in [0.05, 0.1) is 31.4 Å². The summed E-state index contributed by atoms with van der Waals surface area (Å²) in [5, 5.41) is 19.8. The molecule has 4 N–H and O–H groups in total. The van der Waals surface area contributed by atoms with E-state index < -0.39 is 18.2 Å². The first-order chi connectivity index (χ1) is 14.1. The van der Waals surface area contributed by atoms with E-state index in [0.29, 0.717) is 32.7 Å². The molecule has 6 nitrogen and oxygen atoms in total. The number of nitrogens with two attached hydrogens (primary N) is 1. The molecule has 29 heavy (non-hydrogen) atoms. The first-order valence-corrected chi connectivity index (χ1v) is 11.1. The van der Waals surface area contributed by atoms with Crippen LogP contribution in [0, 0.1) is 5.92 Å². The fourth-order valence-electron chi connectivity index (χ4n) is 3.98. The molecule has 1 saturated heterocycles. The van der Waals surface area contributed by atoms with Gasteiger partial charge in [0, 0.05) is 26.1 Å². The molecule has 0 saturated carbocycles. The Morgan fingerprint density at radius 3 is 2.21 bits per heavy atom. The maximum Gasteiger partial charge on any atom is 0.141 e. The predicted octanol–water partition coefficient (Wildman–Crippen LogP) is 2.64. The highest BCUT2D eigenvalue weighted by Crippen LogP contribution is 2.28. The molecule has 0 radical (unpaired) electrons. The van der Waals surface area contributed by atoms with Crippen LogP contribution in [0.25, 0.3) is 0 Å². The van der Waals surface area contributed by atoms with Crippen LogP contribution in [0.2, 0.25) is 0 Å². The minimum Gasteiger partial charge on any atom is -0.396 e. The molecule has 1 heterocycles. The third-order valence-electron chi connectivity index (χ3n) is 5.77. The number of carbonyl (C=O) groups excluding carboxylic acids is 1. The molecule has 2 rings (SSSR count). The van der Waals surface area contributed by atoms with E-state index in [0.717, 1.165) is 50.5 Å². The summed E-state index contributed by atoms with van der Waals surface area (Å²) in [7, 11) is 0. The molecule has 1 aromatic rings. The molecule has 0 bridgehead atoms. The van der Waals surface area contributed by atoms with Crippen molar-refractivity contribution in [3.63, 3.8) is 0 Å². The van der Waals surface area contributed by atoms with Crippen molar-refractivity contribution >= 4 is 5.78 Å². The van der Waals surface area contributed by atoms with Crippen molar-refractivity contribution < 1.29 is 19.7 Å². The van der Waals surface area contributed by atoms with Gasteiger partial charge >= 0.3 is 0 Å². The van der Waals surface area contributed by atoms with Crippen molar-refractivity contribution in [3.05, 3.63) is 35.9 Å². The molecule has 0 aromatic heterocycles. The molecule has 0 aliphatic carbocycles. The highest BCUT2D eigenvalue weighted by atomic mass is 16.5. The molecular formula is C23H38N2O4. The molecule has 3 atom stereocenters. The monoisotopic (exact) mass is 406 g/mol. The van der Waals surface area contributed by atoms with Crippen LogP contribution in [0.3, 0.4) is 0 Å². The zero-order chi connectivity index (χ0) is 20.9. The van der Waals surface area contributed by atoms with Crippen LogP contribution in [0.15, 0.2) is 30.3 Å². The Bertz CT molecular complexity index is 563. The molecule has 1 aliphatic heterocycles. The van der Waals surface area contributed by atoms with Gasteiger partial charge in [-0.1, -0.05) is 62.4 Å². The summed E-state index contributed by atoms with van der Waals surface area (Å²) in [5.74, 6) is -0.597. The van der Waals surface area contributed by atoms with Crippen LogP contribution >= 0.6 is 0 Å². The second kappa shape index (κ2) is 13.8. The number of benzene rings is 1. The molecule has 164 valence electrons. The van der Waals surface area contributed by atoms with E-state index in [4.69, 9.17) is 15.6 Å². The van der Waals surface area contributed by atoms with Gasteiger partial charge in [-0.15, -0.1) is 0 Å². The van der Waals surface area contributed by atoms with E-state index in [1.165, 1.54) is 0 Å². The summed E-state index contributed by atoms with van der Waals surface area (Å²) >= 11 is 0. The number of carbonyl (C=O) groups is 1. The minimum absolute atomic E-state index is 0.0422. The van der Waals surface area contributed by atoms with Gasteiger partial charge in [-0.3, -0.25) is 9.69 Å². The zero-order valence-corrected chi connectivity index (χ0v) is 17.5. The molecule has 1 aliphatic rings. The zero-order valence-electron chi connectivity index (χ0n) is 17.5. The topological polar surface area (TPSA) is 96.0 Å². The predicted molar refractivity (Wildman–Crippen MR) is 114 cm³/mol. The number of Topliss-reactive ketones (excluding diaryl/α,β-unsaturated/α-hetero) is 1. The lowest BCUT2D eigenvalue weighted by atomic mass is 9.86. The molecule has 0 spiro atoms. The molecule has 0 amide bonds. The Kier molecular flexibility index (Phi) is 11.4. The molecule has 1 unspecified atom stereocenters. The normalized spacial score (nSPS) is 18.3. The summed E-state index contributed by atoms with van der Waals surface area (Å²) in [6.07, 6.45) is 6.16. The third-order valence-corrected chi connectivity index (χ3v) is 5.77. The highest BCUT2D eigenvalue weighted by molar-refractivity contribution is 5.82. The number of hydrogen-bond acceptors (Lipinski definition) is 6. The van der Waals surface area contributed by atoms with Crippen LogP contribution in [-0.2, 0) is 9.53 Å². The number of unbranched alkanes of at least 4 members (excludes halogenated alkanes) is 6. The summed E-state index contributed by atoms with van der Waals surface area (Å²) in [6, 6.07) is 9.34. The van der Waals surface area contributed by atoms with E-state index in [9.17, 15) is 9.90 Å². The van der Waals surface area contributed by atoms with Crippen molar-refractivity contribution in [2.75, 3.05) is 32.9 Å². The van der Waals surface area contributed by atoms with E-state index in [1.54, 1.807) is 0 Å². The van der Waals surface area contributed by atoms with E-state index in [1.807, 2.05) is 30.3 Å². The second-order valence-corrected chi connectivity index (χ2v) is 7.94. The molecule has 1 aromatic carbocycles. The SMILES string of the molecule is NC([C@H](C(=O)CCCCCCCCCO)[C@H](O)c1ccccc1)N1CCOCC1. The Morgan fingerprint density at radius 1 is 1.00 bits per heavy atom.